The molecule has 0 amide bonds. The average Bonchev–Trinajstić information content (AvgIpc) is 4.18. The van der Waals surface area contributed by atoms with Crippen molar-refractivity contribution in [3.63, 3.8) is 0 Å². The quantitative estimate of drug-likeness (QED) is 0.0721. The van der Waals surface area contributed by atoms with Gasteiger partial charge in [-0.25, -0.2) is 19.5 Å². The number of pyridine rings is 6. The second kappa shape index (κ2) is 15.4. The van der Waals surface area contributed by atoms with Crippen LogP contribution in [0.15, 0.2) is 140 Å². The third-order valence-corrected chi connectivity index (χ3v) is 11.5. The van der Waals surface area contributed by atoms with Crippen molar-refractivity contribution in [3.8, 4) is 73.6 Å². The van der Waals surface area contributed by atoms with Crippen LogP contribution in [0.3, 0.4) is 0 Å². The van der Waals surface area contributed by atoms with E-state index in [1.807, 2.05) is 108 Å². The molecule has 12 rings (SSSR count). The first-order chi connectivity index (χ1) is 32.0. The Balaban J connectivity index is 0.953. The summed E-state index contributed by atoms with van der Waals surface area (Å²) in [6.45, 7) is 3.70. The lowest BCUT2D eigenvalue weighted by Crippen LogP contribution is -2.33. The predicted molar refractivity (Wildman–Crippen MR) is 250 cm³/mol. The fourth-order valence-corrected chi connectivity index (χ4v) is 8.38. The van der Waals surface area contributed by atoms with Crippen molar-refractivity contribution in [1.82, 2.24) is 70.6 Å². The Morgan fingerprint density at radius 3 is 2.08 bits per heavy atom. The smallest absolute Gasteiger partial charge is 0.267 e. The fourth-order valence-electron chi connectivity index (χ4n) is 8.38. The molecule has 0 spiro atoms. The van der Waals surface area contributed by atoms with Crippen LogP contribution in [-0.4, -0.2) is 71.8 Å². The van der Waals surface area contributed by atoms with Crippen LogP contribution in [0.4, 0.5) is 5.69 Å². The molecule has 10 heterocycles. The van der Waals surface area contributed by atoms with Crippen LogP contribution < -0.4 is 15.6 Å². The zero-order valence-corrected chi connectivity index (χ0v) is 34.7. The fraction of sp³-hybridized carbons (Fsp3) is 0.0612. The lowest BCUT2D eigenvalue weighted by molar-refractivity contribution is -0.572. The molecule has 0 radical (unpaired) electrons. The molecule has 0 unspecified atom stereocenters. The van der Waals surface area contributed by atoms with Crippen LogP contribution in [-0.2, 0) is 6.54 Å². The summed E-state index contributed by atoms with van der Waals surface area (Å²) in [6.07, 6.45) is 12.8. The molecule has 12 aromatic rings. The van der Waals surface area contributed by atoms with Gasteiger partial charge < -0.3 is 21.0 Å². The Labute approximate surface area is 369 Å². The van der Waals surface area contributed by atoms with Crippen LogP contribution >= 0.6 is 0 Å². The van der Waals surface area contributed by atoms with Crippen molar-refractivity contribution in [2.45, 2.75) is 13.5 Å². The van der Waals surface area contributed by atoms with Crippen LogP contribution in [0.1, 0.15) is 12.5 Å². The SMILES string of the molecule is CCNCc1cncc(-c2cnc3[nH]nc(-c4nc5c(-c6cccc(-[n+]7cc(-c8cncc(N)c8)cc8c(-c9nc%10c(-c%11ccccn%11)cccc%10[nH]9)n[nH]c87)n6)cccc5[nH]4)c3c2)c1. The van der Waals surface area contributed by atoms with Gasteiger partial charge in [-0.15, -0.1) is 10.1 Å². The number of benzene rings is 2. The van der Waals surface area contributed by atoms with Gasteiger partial charge in [0.2, 0.25) is 0 Å². The summed E-state index contributed by atoms with van der Waals surface area (Å²) in [5.41, 5.74) is 20.8. The van der Waals surface area contributed by atoms with E-state index >= 15 is 0 Å². The topological polar surface area (TPSA) is 221 Å². The molecule has 0 atom stereocenters. The first-order valence-electron chi connectivity index (χ1n) is 21.1. The number of nitrogens with one attached hydrogen (secondary N) is 5. The van der Waals surface area contributed by atoms with Crippen LogP contribution in [0.5, 0.6) is 0 Å². The third kappa shape index (κ3) is 6.68. The van der Waals surface area contributed by atoms with E-state index in [0.717, 1.165) is 102 Å². The lowest BCUT2D eigenvalue weighted by atomic mass is 10.1. The Morgan fingerprint density at radius 2 is 1.31 bits per heavy atom. The number of nitrogens with zero attached hydrogens (tertiary/aromatic N) is 10. The summed E-state index contributed by atoms with van der Waals surface area (Å²) in [7, 11) is 0. The number of aromatic nitrogens is 14. The summed E-state index contributed by atoms with van der Waals surface area (Å²) < 4.78 is 2.00. The highest BCUT2D eigenvalue weighted by Gasteiger charge is 2.24. The number of rotatable bonds is 10. The molecule has 2 aromatic carbocycles. The minimum atomic E-state index is 0.551. The number of H-pyrrole nitrogens is 4. The predicted octanol–water partition coefficient (Wildman–Crippen LogP) is 8.14. The van der Waals surface area contributed by atoms with Crippen molar-refractivity contribution in [1.29, 1.82) is 0 Å². The Bertz CT molecular complexity index is 3750. The number of anilines is 1. The molecular weight excluding hydrogens is 813 g/mol. The molecule has 0 aliphatic rings. The molecule has 16 nitrogen and oxygen atoms in total. The lowest BCUT2D eigenvalue weighted by Gasteiger charge is -2.07. The normalized spacial score (nSPS) is 11.7. The standard InChI is InChI=1S/C49H36N16/c1-2-51-20-27-16-28(22-52-21-27)30-18-35-44(61-63-46(35)55-24-30)47-57-40-13-6-9-34(43(40)60-47)38-11-7-14-41(56-38)65-26-31(29-17-32(50)25-53-23-29)19-36-45(62-64-49(36)65)48-58-39-12-5-8-33(42(39)59-48)37-10-3-4-15-54-37/h3-19,21-26,51H,2,20,50H2,1H3,(H3,54,55,56,57,58,59,60,61,62,63)/p+1. The Morgan fingerprint density at radius 1 is 0.615 bits per heavy atom. The highest BCUT2D eigenvalue weighted by atomic mass is 15.2. The van der Waals surface area contributed by atoms with Crippen molar-refractivity contribution in [2.24, 2.45) is 0 Å². The third-order valence-electron chi connectivity index (χ3n) is 11.5. The van der Waals surface area contributed by atoms with Crippen molar-refractivity contribution < 1.29 is 4.57 Å². The largest absolute Gasteiger partial charge is 0.397 e. The molecule has 65 heavy (non-hydrogen) atoms. The highest BCUT2D eigenvalue weighted by Crippen LogP contribution is 2.35. The van der Waals surface area contributed by atoms with Gasteiger partial charge in [-0.05, 0) is 72.8 Å². The van der Waals surface area contributed by atoms with Crippen molar-refractivity contribution in [3.05, 3.63) is 146 Å². The molecule has 312 valence electrons. The van der Waals surface area contributed by atoms with E-state index in [1.54, 1.807) is 18.6 Å². The number of fused-ring (bicyclic) bond motifs is 4. The Hall–Kier alpha value is -9.02. The molecule has 10 aromatic heterocycles. The van der Waals surface area contributed by atoms with Gasteiger partial charge in [0, 0.05) is 83.2 Å². The van der Waals surface area contributed by atoms with E-state index < -0.39 is 0 Å². The van der Waals surface area contributed by atoms with Crippen LogP contribution in [0, 0.1) is 0 Å². The van der Waals surface area contributed by atoms with Gasteiger partial charge in [-0.1, -0.05) is 37.3 Å². The number of nitrogens with two attached hydrogens (primary N) is 1. The minimum absolute atomic E-state index is 0.551. The van der Waals surface area contributed by atoms with E-state index in [1.165, 1.54) is 0 Å². The summed E-state index contributed by atoms with van der Waals surface area (Å²) >= 11 is 0. The zero-order chi connectivity index (χ0) is 43.4. The summed E-state index contributed by atoms with van der Waals surface area (Å²) in [6, 6.07) is 32.0. The van der Waals surface area contributed by atoms with Gasteiger partial charge in [0.05, 0.1) is 50.4 Å². The van der Waals surface area contributed by atoms with Gasteiger partial charge in [0.1, 0.15) is 11.4 Å². The van der Waals surface area contributed by atoms with Crippen molar-refractivity contribution >= 4 is 49.8 Å². The second-order valence-corrected chi connectivity index (χ2v) is 15.7. The maximum Gasteiger partial charge on any atom is 0.267 e. The molecule has 0 fully saturated rings. The molecule has 0 aliphatic carbocycles. The molecule has 0 bridgehead atoms. The maximum absolute atomic E-state index is 6.26. The van der Waals surface area contributed by atoms with E-state index in [2.05, 4.69) is 70.7 Å². The number of para-hydroxylation sites is 2. The van der Waals surface area contributed by atoms with Gasteiger partial charge in [0.15, 0.2) is 23.0 Å². The Kier molecular flexibility index (Phi) is 8.94. The summed E-state index contributed by atoms with van der Waals surface area (Å²) in [5, 5.41) is 20.9. The molecule has 16 heteroatoms. The second-order valence-electron chi connectivity index (χ2n) is 15.7. The molecule has 0 aliphatic heterocycles. The average molecular weight is 850 g/mol. The first kappa shape index (κ1) is 37.7. The van der Waals surface area contributed by atoms with E-state index in [-0.39, 0.29) is 0 Å². The number of nitrogen functional groups attached to an aromatic ring is 1. The minimum Gasteiger partial charge on any atom is -0.397 e. The first-order valence-corrected chi connectivity index (χ1v) is 21.1. The molecule has 7 N–H and O–H groups in total. The van der Waals surface area contributed by atoms with Crippen LogP contribution in [0.2, 0.25) is 0 Å². The van der Waals surface area contributed by atoms with Gasteiger partial charge in [-0.3, -0.25) is 20.1 Å². The van der Waals surface area contributed by atoms with Crippen molar-refractivity contribution in [2.75, 3.05) is 12.3 Å². The monoisotopic (exact) mass is 849 g/mol. The molecule has 0 saturated carbocycles. The number of imidazole rings is 2. The zero-order valence-electron chi connectivity index (χ0n) is 34.7. The molecule has 0 saturated heterocycles. The van der Waals surface area contributed by atoms with Gasteiger partial charge in [-0.2, -0.15) is 10.2 Å². The summed E-state index contributed by atoms with van der Waals surface area (Å²) in [4.78, 5) is 40.7. The van der Waals surface area contributed by atoms with E-state index in [9.17, 15) is 0 Å². The van der Waals surface area contributed by atoms with Gasteiger partial charge in [0.25, 0.3) is 11.5 Å². The molecular formula is C49H37N16+. The number of hydrogen-bond donors (Lipinski definition) is 6. The van der Waals surface area contributed by atoms with E-state index in [4.69, 9.17) is 30.8 Å². The van der Waals surface area contributed by atoms with E-state index in [0.29, 0.717) is 40.2 Å². The number of hydrogen-bond acceptors (Lipinski definition) is 11. The maximum atomic E-state index is 6.26. The van der Waals surface area contributed by atoms with Crippen LogP contribution in [0.25, 0.3) is 118 Å². The van der Waals surface area contributed by atoms with Gasteiger partial charge >= 0.3 is 0 Å². The summed E-state index contributed by atoms with van der Waals surface area (Å²) in [5.74, 6) is 1.86. The number of aromatic amines is 4. The highest BCUT2D eigenvalue weighted by molar-refractivity contribution is 5.98.